The third kappa shape index (κ3) is 0.907. The van der Waals surface area contributed by atoms with Gasteiger partial charge in [0.15, 0.2) is 0 Å². The molecule has 1 aromatic carbocycles. The number of hydrogen-bond acceptors (Lipinski definition) is 3. The first-order valence-corrected chi connectivity index (χ1v) is 4.31. The van der Waals surface area contributed by atoms with Crippen LogP contribution in [-0.4, -0.2) is 11.8 Å². The van der Waals surface area contributed by atoms with E-state index in [-0.39, 0.29) is 6.04 Å². The molecule has 0 aromatic heterocycles. The number of rotatable bonds is 0. The normalized spacial score (nSPS) is 23.1. The van der Waals surface area contributed by atoms with E-state index >= 15 is 0 Å². The maximum Gasteiger partial charge on any atom is 0.0923 e. The number of hydrazone groups is 1. The first-order valence-electron chi connectivity index (χ1n) is 4.31. The number of hydrogen-bond donors (Lipinski definition) is 2. The molecule has 1 aliphatic heterocycles. The highest BCUT2D eigenvalue weighted by atomic mass is 15.6. The fourth-order valence-corrected chi connectivity index (χ4v) is 1.74. The van der Waals surface area contributed by atoms with Gasteiger partial charge in [-0.3, -0.25) is 0 Å². The summed E-state index contributed by atoms with van der Waals surface area (Å²) in [5.74, 6) is 0. The lowest BCUT2D eigenvalue weighted by molar-refractivity contribution is 0.609. The summed E-state index contributed by atoms with van der Waals surface area (Å²) in [7, 11) is 0. The lowest BCUT2D eigenvalue weighted by Gasteiger charge is -2.14. The van der Waals surface area contributed by atoms with Crippen molar-refractivity contribution in [1.29, 1.82) is 0 Å². The molecule has 2 aliphatic rings. The highest BCUT2D eigenvalue weighted by molar-refractivity contribution is 6.10. The minimum absolute atomic E-state index is 0.231. The minimum Gasteiger partial charge on any atom is -0.242 e. The van der Waals surface area contributed by atoms with E-state index < -0.39 is 0 Å². The summed E-state index contributed by atoms with van der Waals surface area (Å²) < 4.78 is 0. The summed E-state index contributed by atoms with van der Waals surface area (Å²) in [5, 5.41) is 4.20. The van der Waals surface area contributed by atoms with Gasteiger partial charge in [0.1, 0.15) is 0 Å². The third-order valence-electron chi connectivity index (χ3n) is 2.40. The van der Waals surface area contributed by atoms with Gasteiger partial charge in [-0.1, -0.05) is 36.4 Å². The molecule has 1 aliphatic carbocycles. The van der Waals surface area contributed by atoms with Crippen LogP contribution in [-0.2, 0) is 0 Å². The van der Waals surface area contributed by atoms with Crippen molar-refractivity contribution in [1.82, 2.24) is 11.0 Å². The predicted molar refractivity (Wildman–Crippen MR) is 52.1 cm³/mol. The Morgan fingerprint density at radius 2 is 2.15 bits per heavy atom. The van der Waals surface area contributed by atoms with E-state index in [4.69, 9.17) is 0 Å². The fraction of sp³-hybridized carbons (Fsp3) is 0.100. The highest BCUT2D eigenvalue weighted by Gasteiger charge is 2.24. The van der Waals surface area contributed by atoms with Crippen LogP contribution in [0.15, 0.2) is 35.4 Å². The SMILES string of the molecule is C1=CC2NNN=C2c2ccccc21. The van der Waals surface area contributed by atoms with Crippen molar-refractivity contribution < 1.29 is 0 Å². The van der Waals surface area contributed by atoms with Gasteiger partial charge >= 0.3 is 0 Å². The number of nitrogens with one attached hydrogen (secondary N) is 2. The Bertz CT molecular complexity index is 406. The fourth-order valence-electron chi connectivity index (χ4n) is 1.74. The zero-order valence-electron chi connectivity index (χ0n) is 6.99. The molecular formula is C10H9N3. The molecule has 0 amide bonds. The molecule has 0 radical (unpaired) electrons. The van der Waals surface area contributed by atoms with Gasteiger partial charge < -0.3 is 0 Å². The van der Waals surface area contributed by atoms with Gasteiger partial charge in [0, 0.05) is 5.56 Å². The topological polar surface area (TPSA) is 36.4 Å². The standard InChI is InChI=1S/C10H9N3/c1-2-4-8-7(3-1)5-6-9-10(8)12-13-11-9/h1-6,9,11,13H. The average molecular weight is 171 g/mol. The van der Waals surface area contributed by atoms with Gasteiger partial charge in [-0.25, -0.2) is 11.0 Å². The predicted octanol–water partition coefficient (Wildman–Crippen LogP) is 0.894. The number of fused-ring (bicyclic) bond motifs is 3. The van der Waals surface area contributed by atoms with Gasteiger partial charge in [-0.2, -0.15) is 5.10 Å². The van der Waals surface area contributed by atoms with Crippen molar-refractivity contribution >= 4 is 11.8 Å². The van der Waals surface area contributed by atoms with Crippen LogP contribution in [0.1, 0.15) is 11.1 Å². The first-order chi connectivity index (χ1) is 6.45. The molecule has 2 N–H and O–H groups in total. The molecule has 1 heterocycles. The van der Waals surface area contributed by atoms with Crippen LogP contribution in [0.5, 0.6) is 0 Å². The maximum absolute atomic E-state index is 4.20. The maximum atomic E-state index is 4.20. The van der Waals surface area contributed by atoms with Crippen LogP contribution >= 0.6 is 0 Å². The molecule has 0 bridgehead atoms. The van der Waals surface area contributed by atoms with E-state index in [1.54, 1.807) is 0 Å². The average Bonchev–Trinajstić information content (AvgIpc) is 2.65. The molecule has 3 heteroatoms. The van der Waals surface area contributed by atoms with Gasteiger partial charge in [-0.05, 0) is 5.56 Å². The minimum atomic E-state index is 0.231. The van der Waals surface area contributed by atoms with Gasteiger partial charge in [0.25, 0.3) is 0 Å². The van der Waals surface area contributed by atoms with Crippen LogP contribution in [0.25, 0.3) is 6.08 Å². The molecule has 3 rings (SSSR count). The number of benzene rings is 1. The molecule has 1 aromatic rings. The van der Waals surface area contributed by atoms with Crippen molar-refractivity contribution in [3.8, 4) is 0 Å². The largest absolute Gasteiger partial charge is 0.242 e. The smallest absolute Gasteiger partial charge is 0.0923 e. The van der Waals surface area contributed by atoms with Crippen molar-refractivity contribution in [2.45, 2.75) is 6.04 Å². The van der Waals surface area contributed by atoms with Gasteiger partial charge in [-0.15, -0.1) is 0 Å². The second-order valence-electron chi connectivity index (χ2n) is 3.18. The molecule has 0 saturated carbocycles. The Labute approximate surface area is 76.1 Å². The van der Waals surface area contributed by atoms with E-state index in [1.807, 2.05) is 12.1 Å². The Kier molecular flexibility index (Phi) is 1.29. The Morgan fingerprint density at radius 1 is 1.23 bits per heavy atom. The van der Waals surface area contributed by atoms with E-state index in [0.717, 1.165) is 5.71 Å². The molecule has 64 valence electrons. The van der Waals surface area contributed by atoms with Crippen LogP contribution in [0.4, 0.5) is 0 Å². The van der Waals surface area contributed by atoms with E-state index in [2.05, 4.69) is 40.3 Å². The monoisotopic (exact) mass is 171 g/mol. The summed E-state index contributed by atoms with van der Waals surface area (Å²) in [6, 6.07) is 8.51. The van der Waals surface area contributed by atoms with Crippen molar-refractivity contribution in [2.24, 2.45) is 5.10 Å². The zero-order valence-corrected chi connectivity index (χ0v) is 6.99. The highest BCUT2D eigenvalue weighted by Crippen LogP contribution is 2.20. The molecule has 0 fully saturated rings. The second kappa shape index (κ2) is 2.44. The Morgan fingerprint density at radius 3 is 3.15 bits per heavy atom. The summed E-state index contributed by atoms with van der Waals surface area (Å²) in [6.07, 6.45) is 4.24. The number of nitrogens with zero attached hydrogens (tertiary/aromatic N) is 1. The van der Waals surface area contributed by atoms with E-state index in [9.17, 15) is 0 Å². The Balaban J connectivity index is 2.23. The summed E-state index contributed by atoms with van der Waals surface area (Å²) in [5.41, 5.74) is 9.39. The van der Waals surface area contributed by atoms with Crippen molar-refractivity contribution in [3.05, 3.63) is 41.5 Å². The molecule has 0 spiro atoms. The Hall–Kier alpha value is -1.61. The quantitative estimate of drug-likeness (QED) is 0.608. The van der Waals surface area contributed by atoms with Crippen molar-refractivity contribution in [2.75, 3.05) is 0 Å². The van der Waals surface area contributed by atoms with E-state index in [0.29, 0.717) is 0 Å². The van der Waals surface area contributed by atoms with Crippen LogP contribution in [0.3, 0.4) is 0 Å². The summed E-state index contributed by atoms with van der Waals surface area (Å²) in [4.78, 5) is 0. The van der Waals surface area contributed by atoms with Crippen LogP contribution in [0.2, 0.25) is 0 Å². The first kappa shape index (κ1) is 6.86. The van der Waals surface area contributed by atoms with Crippen molar-refractivity contribution in [3.63, 3.8) is 0 Å². The molecule has 0 saturated heterocycles. The van der Waals surface area contributed by atoms with Gasteiger partial charge in [0.05, 0.1) is 11.8 Å². The summed E-state index contributed by atoms with van der Waals surface area (Å²) >= 11 is 0. The van der Waals surface area contributed by atoms with E-state index in [1.165, 1.54) is 11.1 Å². The zero-order chi connectivity index (χ0) is 8.67. The third-order valence-corrected chi connectivity index (χ3v) is 2.40. The molecular weight excluding hydrogens is 162 g/mol. The van der Waals surface area contributed by atoms with Crippen LogP contribution < -0.4 is 11.0 Å². The lowest BCUT2D eigenvalue weighted by atomic mass is 9.93. The molecule has 1 atom stereocenters. The lowest BCUT2D eigenvalue weighted by Crippen LogP contribution is -2.34. The summed E-state index contributed by atoms with van der Waals surface area (Å²) in [6.45, 7) is 0. The molecule has 1 unspecified atom stereocenters. The number of hydrazine groups is 1. The second-order valence-corrected chi connectivity index (χ2v) is 3.18. The molecule has 3 nitrogen and oxygen atoms in total. The van der Waals surface area contributed by atoms with Crippen LogP contribution in [0, 0.1) is 0 Å². The molecule has 13 heavy (non-hydrogen) atoms. The van der Waals surface area contributed by atoms with Gasteiger partial charge in [0.2, 0.25) is 0 Å².